The summed E-state index contributed by atoms with van der Waals surface area (Å²) in [6.45, 7) is 1.57. The van der Waals surface area contributed by atoms with Gasteiger partial charge in [0.15, 0.2) is 9.84 Å². The van der Waals surface area contributed by atoms with E-state index in [1.807, 2.05) is 0 Å². The van der Waals surface area contributed by atoms with Crippen LogP contribution in [0.3, 0.4) is 0 Å². The van der Waals surface area contributed by atoms with Gasteiger partial charge in [-0.25, -0.2) is 17.2 Å². The molecule has 0 amide bonds. The molecule has 0 aromatic heterocycles. The zero-order valence-electron chi connectivity index (χ0n) is 13.0. The SMILES string of the molecule is CCS(=O)(=O)C1C=CC(C(CC2C[C@@H](F)[C@@H](F)C2)C(=O)O)=CC1. The maximum absolute atomic E-state index is 13.3. The number of carboxylic acids is 1. The first-order valence-corrected chi connectivity index (χ1v) is 9.57. The lowest BCUT2D eigenvalue weighted by molar-refractivity contribution is -0.140. The highest BCUT2D eigenvalue weighted by atomic mass is 32.2. The molecule has 5 atom stereocenters. The number of hydrogen-bond acceptors (Lipinski definition) is 3. The Morgan fingerprint density at radius 1 is 1.35 bits per heavy atom. The molecule has 1 N–H and O–H groups in total. The smallest absolute Gasteiger partial charge is 0.310 e. The van der Waals surface area contributed by atoms with Crippen molar-refractivity contribution in [3.8, 4) is 0 Å². The minimum absolute atomic E-state index is 0.0331. The van der Waals surface area contributed by atoms with E-state index < -0.39 is 39.3 Å². The molecule has 0 aromatic rings. The minimum atomic E-state index is -3.21. The summed E-state index contributed by atoms with van der Waals surface area (Å²) in [6, 6.07) is 0. The molecule has 7 heteroatoms. The number of aliphatic carboxylic acids is 1. The molecule has 130 valence electrons. The lowest BCUT2D eigenvalue weighted by Gasteiger charge is -2.22. The van der Waals surface area contributed by atoms with Crippen LogP contribution in [0.2, 0.25) is 0 Å². The summed E-state index contributed by atoms with van der Waals surface area (Å²) in [6.07, 6.45) is 2.19. The topological polar surface area (TPSA) is 71.4 Å². The molecule has 2 aliphatic rings. The fourth-order valence-electron chi connectivity index (χ4n) is 3.29. The van der Waals surface area contributed by atoms with E-state index >= 15 is 0 Å². The van der Waals surface area contributed by atoms with E-state index in [4.69, 9.17) is 0 Å². The molecule has 0 spiro atoms. The molecular formula is C16H22F2O4S. The van der Waals surface area contributed by atoms with Gasteiger partial charge in [0.25, 0.3) is 0 Å². The maximum atomic E-state index is 13.3. The Bertz CT molecular complexity index is 602. The molecule has 4 nitrogen and oxygen atoms in total. The van der Waals surface area contributed by atoms with Crippen molar-refractivity contribution in [1.82, 2.24) is 0 Å². The fourth-order valence-corrected chi connectivity index (χ4v) is 4.43. The van der Waals surface area contributed by atoms with E-state index in [9.17, 15) is 27.1 Å². The minimum Gasteiger partial charge on any atom is -0.481 e. The maximum Gasteiger partial charge on any atom is 0.310 e. The van der Waals surface area contributed by atoms with Crippen molar-refractivity contribution in [1.29, 1.82) is 0 Å². The molecule has 0 aromatic carbocycles. The molecular weight excluding hydrogens is 326 g/mol. The monoisotopic (exact) mass is 348 g/mol. The molecule has 0 saturated heterocycles. The normalized spacial score (nSPS) is 32.6. The Morgan fingerprint density at radius 2 is 1.96 bits per heavy atom. The van der Waals surface area contributed by atoms with E-state index in [1.54, 1.807) is 13.0 Å². The van der Waals surface area contributed by atoms with Gasteiger partial charge in [-0.2, -0.15) is 0 Å². The number of rotatable bonds is 6. The van der Waals surface area contributed by atoms with Gasteiger partial charge < -0.3 is 5.11 Å². The van der Waals surface area contributed by atoms with E-state index in [0.717, 1.165) is 0 Å². The van der Waals surface area contributed by atoms with Crippen molar-refractivity contribution < 1.29 is 27.1 Å². The largest absolute Gasteiger partial charge is 0.481 e. The van der Waals surface area contributed by atoms with Crippen molar-refractivity contribution in [2.75, 3.05) is 5.75 Å². The van der Waals surface area contributed by atoms with Crippen LogP contribution in [0.4, 0.5) is 8.78 Å². The van der Waals surface area contributed by atoms with Gasteiger partial charge in [-0.1, -0.05) is 25.2 Å². The van der Waals surface area contributed by atoms with Gasteiger partial charge in [0, 0.05) is 5.75 Å². The second kappa shape index (κ2) is 7.11. The Hall–Kier alpha value is -1.24. The average Bonchev–Trinajstić information content (AvgIpc) is 2.83. The number of sulfone groups is 1. The number of halogens is 2. The Morgan fingerprint density at radius 3 is 2.39 bits per heavy atom. The zero-order valence-corrected chi connectivity index (χ0v) is 13.8. The third kappa shape index (κ3) is 4.19. The van der Waals surface area contributed by atoms with E-state index in [-0.39, 0.29) is 37.4 Å². The Balaban J connectivity index is 2.06. The summed E-state index contributed by atoms with van der Waals surface area (Å²) < 4.78 is 50.2. The van der Waals surface area contributed by atoms with Crippen LogP contribution in [0.25, 0.3) is 0 Å². The van der Waals surface area contributed by atoms with Crippen LogP contribution in [-0.4, -0.2) is 42.8 Å². The second-order valence-corrected chi connectivity index (χ2v) is 8.79. The van der Waals surface area contributed by atoms with Gasteiger partial charge in [0.2, 0.25) is 0 Å². The van der Waals surface area contributed by atoms with Gasteiger partial charge >= 0.3 is 5.97 Å². The van der Waals surface area contributed by atoms with E-state index in [1.165, 1.54) is 12.2 Å². The summed E-state index contributed by atoms with van der Waals surface area (Å²) in [5.74, 6) is -2.16. The molecule has 1 fully saturated rings. The summed E-state index contributed by atoms with van der Waals surface area (Å²) in [5.41, 5.74) is 0.526. The van der Waals surface area contributed by atoms with Crippen LogP contribution in [0.5, 0.6) is 0 Å². The van der Waals surface area contributed by atoms with Crippen molar-refractivity contribution in [3.05, 3.63) is 23.8 Å². The van der Waals surface area contributed by atoms with Gasteiger partial charge in [0.1, 0.15) is 12.3 Å². The van der Waals surface area contributed by atoms with Crippen LogP contribution in [-0.2, 0) is 14.6 Å². The molecule has 1 saturated carbocycles. The number of carboxylic acid groups (broad SMARTS) is 1. The van der Waals surface area contributed by atoms with Crippen molar-refractivity contribution in [3.63, 3.8) is 0 Å². The van der Waals surface area contributed by atoms with E-state index in [2.05, 4.69) is 0 Å². The predicted molar refractivity (Wildman–Crippen MR) is 83.3 cm³/mol. The molecule has 0 bridgehead atoms. The third-order valence-electron chi connectivity index (χ3n) is 4.73. The molecule has 0 heterocycles. The van der Waals surface area contributed by atoms with Crippen LogP contribution in [0.1, 0.15) is 32.6 Å². The van der Waals surface area contributed by atoms with Crippen LogP contribution in [0.15, 0.2) is 23.8 Å². The van der Waals surface area contributed by atoms with Crippen molar-refractivity contribution in [2.24, 2.45) is 11.8 Å². The van der Waals surface area contributed by atoms with Gasteiger partial charge in [-0.3, -0.25) is 4.79 Å². The molecule has 2 aliphatic carbocycles. The van der Waals surface area contributed by atoms with Gasteiger partial charge in [-0.05, 0) is 37.2 Å². The number of carbonyl (C=O) groups is 1. The highest BCUT2D eigenvalue weighted by molar-refractivity contribution is 7.92. The molecule has 0 radical (unpaired) electrons. The zero-order chi connectivity index (χ0) is 17.2. The molecule has 3 unspecified atom stereocenters. The highest BCUT2D eigenvalue weighted by Crippen LogP contribution is 2.37. The fraction of sp³-hybridized carbons (Fsp3) is 0.688. The Labute approximate surface area is 135 Å². The summed E-state index contributed by atoms with van der Waals surface area (Å²) in [5, 5.41) is 8.79. The van der Waals surface area contributed by atoms with E-state index in [0.29, 0.717) is 5.57 Å². The summed E-state index contributed by atoms with van der Waals surface area (Å²) in [4.78, 5) is 11.5. The van der Waals surface area contributed by atoms with Gasteiger partial charge in [-0.15, -0.1) is 0 Å². The lowest BCUT2D eigenvalue weighted by Crippen LogP contribution is -2.25. The predicted octanol–water partition coefficient (Wildman–Crippen LogP) is 2.85. The average molecular weight is 348 g/mol. The number of allylic oxidation sites excluding steroid dienone is 2. The van der Waals surface area contributed by atoms with Gasteiger partial charge in [0.05, 0.1) is 11.2 Å². The molecule has 0 aliphatic heterocycles. The first-order valence-electron chi connectivity index (χ1n) is 7.85. The summed E-state index contributed by atoms with van der Waals surface area (Å²) >= 11 is 0. The summed E-state index contributed by atoms with van der Waals surface area (Å²) in [7, 11) is -3.21. The van der Waals surface area contributed by atoms with Crippen LogP contribution >= 0.6 is 0 Å². The quantitative estimate of drug-likeness (QED) is 0.801. The van der Waals surface area contributed by atoms with Crippen LogP contribution in [0, 0.1) is 11.8 Å². The van der Waals surface area contributed by atoms with Crippen molar-refractivity contribution >= 4 is 15.8 Å². The highest BCUT2D eigenvalue weighted by Gasteiger charge is 2.37. The standard InChI is InChI=1S/C16H22F2O4S/c1-2-23(21,22)12-5-3-11(4-6-12)13(16(19)20)7-10-8-14(17)15(18)9-10/h3-5,10,12-15H,2,6-9H2,1H3,(H,19,20)/t10?,12?,13?,14-,15+. The molecule has 2 rings (SSSR count). The first kappa shape index (κ1) is 18.1. The van der Waals surface area contributed by atoms with Crippen molar-refractivity contribution in [2.45, 2.75) is 50.2 Å². The second-order valence-electron chi connectivity index (χ2n) is 6.28. The molecule has 23 heavy (non-hydrogen) atoms. The number of hydrogen-bond donors (Lipinski definition) is 1. The van der Waals surface area contributed by atoms with Crippen LogP contribution < -0.4 is 0 Å². The lowest BCUT2D eigenvalue weighted by atomic mass is 9.85. The Kier molecular flexibility index (Phi) is 5.60. The number of alkyl halides is 2. The third-order valence-corrected chi connectivity index (χ3v) is 6.81. The first-order chi connectivity index (χ1) is 10.7.